The number of ether oxygens (including phenoxy) is 12. The summed E-state index contributed by atoms with van der Waals surface area (Å²) in [5, 5.41) is 0. The summed E-state index contributed by atoms with van der Waals surface area (Å²) in [5.74, 6) is -12.4. The Bertz CT molecular complexity index is 2620. The molecule has 0 unspecified atom stereocenters. The van der Waals surface area contributed by atoms with Crippen LogP contribution in [0.1, 0.15) is 33.4 Å². The Morgan fingerprint density at radius 1 is 0.299 bits per heavy atom. The summed E-state index contributed by atoms with van der Waals surface area (Å²) in [6, 6.07) is 17.7. The van der Waals surface area contributed by atoms with Crippen molar-refractivity contribution in [2.75, 3.05) is 85.3 Å². The number of hydrogen-bond donors (Lipinski definition) is 1. The van der Waals surface area contributed by atoms with Crippen molar-refractivity contribution in [1.82, 2.24) is 0 Å². The number of benzene rings is 6. The largest absolute Gasteiger partial charge is 0.715 e. The van der Waals surface area contributed by atoms with E-state index in [9.17, 15) is 4.89 Å². The van der Waals surface area contributed by atoms with E-state index in [4.69, 9.17) is 70.4 Å². The SMILES string of the molecule is COc1ccc(CC(F)(F)c2cc(OC)c(OC)c(OC)c2)cc1O[P+](O)(Oc1cc(CC(F)(F)c2cc(OC)c(OC)c(OC)c2)ccc1OC)Oc1cc(CC(F)(F)c2cc(OC)c(OC)c(OC)c2)ccc1OC. The Hall–Kier alpha value is -7.71. The van der Waals surface area contributed by atoms with E-state index in [2.05, 4.69) is 0 Å². The molecule has 0 aliphatic carbocycles. The van der Waals surface area contributed by atoms with E-state index in [1.54, 1.807) is 0 Å². The maximum absolute atomic E-state index is 16.4. The van der Waals surface area contributed by atoms with Crippen molar-refractivity contribution in [2.24, 2.45) is 0 Å². The average Bonchev–Trinajstić information content (AvgIpc) is 3.41. The van der Waals surface area contributed by atoms with Gasteiger partial charge in [-0.3, -0.25) is 0 Å². The van der Waals surface area contributed by atoms with Crippen LogP contribution in [0.4, 0.5) is 26.3 Å². The Morgan fingerprint density at radius 2 is 0.506 bits per heavy atom. The molecule has 6 rings (SSSR count). The molecule has 0 aliphatic rings. The predicted octanol–water partition coefficient (Wildman–Crippen LogP) is 12.0. The minimum atomic E-state index is -5.18. The fraction of sp³-hybridized carbons (Fsp3) is 0.333. The first kappa shape index (κ1) is 58.5. The maximum atomic E-state index is 16.4. The van der Waals surface area contributed by atoms with Crippen molar-refractivity contribution in [3.05, 3.63) is 124 Å². The third-order valence-corrected chi connectivity index (χ3v) is 13.1. The third-order valence-electron chi connectivity index (χ3n) is 11.9. The molecule has 0 aliphatic heterocycles. The fourth-order valence-electron chi connectivity index (χ4n) is 8.09. The predicted molar refractivity (Wildman–Crippen MR) is 271 cm³/mol. The van der Waals surface area contributed by atoms with Gasteiger partial charge >= 0.3 is 8.17 Å². The standard InChI is InChI=1S/C54H58F6O16P/c1-62-37-16-13-31(28-52(55,56)34-22-43(65-4)49(71-10)44(23-34)66-5)19-40(37)74-77(61,75-41-20-32(14-17-38(41)63-2)29-53(57,58)35-24-45(67-6)50(72-11)46(25-35)68-7)76-42-21-33(15-18-39(42)64-3)30-54(59,60)36-26-47(69-8)51(73-12)48(27-36)70-9/h13-27,61H,28-30H2,1-12H3/q+1. The molecule has 6 aromatic rings. The van der Waals surface area contributed by atoms with Gasteiger partial charge in [-0.05, 0) is 89.5 Å². The summed E-state index contributed by atoms with van der Waals surface area (Å²) >= 11 is 0. The molecule has 0 fully saturated rings. The first-order valence-electron chi connectivity index (χ1n) is 22.9. The van der Waals surface area contributed by atoms with E-state index in [1.807, 2.05) is 0 Å². The molecule has 416 valence electrons. The summed E-state index contributed by atoms with van der Waals surface area (Å²) in [7, 11) is 10.1. The van der Waals surface area contributed by atoms with E-state index in [0.717, 1.165) is 54.6 Å². The number of methoxy groups -OCH3 is 12. The molecule has 0 saturated heterocycles. The normalized spacial score (nSPS) is 11.7. The van der Waals surface area contributed by atoms with Crippen molar-refractivity contribution < 1.29 is 102 Å². The topological polar surface area (TPSA) is 159 Å². The molecule has 0 atom stereocenters. The first-order valence-corrected chi connectivity index (χ1v) is 24.4. The van der Waals surface area contributed by atoms with Gasteiger partial charge in [0.15, 0.2) is 51.7 Å². The van der Waals surface area contributed by atoms with Crippen molar-refractivity contribution in [1.29, 1.82) is 0 Å². The Kier molecular flexibility index (Phi) is 18.6. The van der Waals surface area contributed by atoms with Crippen LogP contribution >= 0.6 is 8.17 Å². The van der Waals surface area contributed by atoms with E-state index in [0.29, 0.717) is 0 Å². The molecule has 0 amide bonds. The van der Waals surface area contributed by atoms with E-state index in [1.165, 1.54) is 122 Å². The van der Waals surface area contributed by atoms with Crippen LogP contribution in [0.25, 0.3) is 0 Å². The number of halogens is 6. The molecule has 6 aromatic carbocycles. The second kappa shape index (κ2) is 24.5. The third kappa shape index (κ3) is 13.1. The number of alkyl halides is 6. The minimum Gasteiger partial charge on any atom is -0.493 e. The van der Waals surface area contributed by atoms with E-state index < -0.39 is 79.1 Å². The molecule has 77 heavy (non-hydrogen) atoms. The minimum absolute atomic E-state index is 0.0294. The van der Waals surface area contributed by atoms with Gasteiger partial charge in [0, 0.05) is 36.0 Å². The van der Waals surface area contributed by atoms with Crippen LogP contribution in [-0.2, 0) is 37.0 Å². The van der Waals surface area contributed by atoms with Crippen molar-refractivity contribution in [2.45, 2.75) is 37.0 Å². The molecular formula is C54H58F6O16P+. The number of hydrogen-bond acceptors (Lipinski definition) is 16. The zero-order valence-corrected chi connectivity index (χ0v) is 45.0. The quantitative estimate of drug-likeness (QED) is 0.0383. The molecule has 16 nitrogen and oxygen atoms in total. The lowest BCUT2D eigenvalue weighted by atomic mass is 9.99. The molecule has 1 N–H and O–H groups in total. The second-order valence-electron chi connectivity index (χ2n) is 16.6. The van der Waals surface area contributed by atoms with E-state index in [-0.39, 0.29) is 85.7 Å². The first-order chi connectivity index (χ1) is 36.6. The van der Waals surface area contributed by atoms with Crippen molar-refractivity contribution >= 4 is 8.17 Å². The van der Waals surface area contributed by atoms with Gasteiger partial charge in [-0.2, -0.15) is 0 Å². The van der Waals surface area contributed by atoms with Gasteiger partial charge in [0.05, 0.1) is 85.3 Å². The van der Waals surface area contributed by atoms with Crippen LogP contribution in [0.3, 0.4) is 0 Å². The van der Waals surface area contributed by atoms with Gasteiger partial charge in [0.25, 0.3) is 17.8 Å². The summed E-state index contributed by atoms with van der Waals surface area (Å²) in [6.07, 6.45) is -2.93. The molecule has 0 saturated carbocycles. The molecule has 0 aromatic heterocycles. The van der Waals surface area contributed by atoms with Gasteiger partial charge < -0.3 is 56.8 Å². The zero-order valence-electron chi connectivity index (χ0n) is 44.1. The zero-order chi connectivity index (χ0) is 56.5. The number of rotatable bonds is 27. The van der Waals surface area contributed by atoms with Crippen LogP contribution in [0, 0.1) is 0 Å². The second-order valence-corrected chi connectivity index (χ2v) is 18.1. The Labute approximate surface area is 441 Å². The summed E-state index contributed by atoms with van der Waals surface area (Å²) in [5.41, 5.74) is -1.75. The highest BCUT2D eigenvalue weighted by Gasteiger charge is 2.53. The molecule has 23 heteroatoms. The van der Waals surface area contributed by atoms with E-state index >= 15 is 26.3 Å². The average molecular weight is 1110 g/mol. The molecular weight excluding hydrogens is 1050 g/mol. The highest BCUT2D eigenvalue weighted by atomic mass is 31.2. The smallest absolute Gasteiger partial charge is 0.493 e. The van der Waals surface area contributed by atoms with Crippen LogP contribution in [0.15, 0.2) is 91.0 Å². The van der Waals surface area contributed by atoms with Gasteiger partial charge in [-0.15, -0.1) is 4.89 Å². The lowest BCUT2D eigenvalue weighted by Crippen LogP contribution is -2.19. The van der Waals surface area contributed by atoms with Crippen LogP contribution in [0.2, 0.25) is 0 Å². The highest BCUT2D eigenvalue weighted by molar-refractivity contribution is 7.56. The molecule has 0 radical (unpaired) electrons. The monoisotopic (exact) mass is 1110 g/mol. The van der Waals surface area contributed by atoms with Gasteiger partial charge in [-0.1, -0.05) is 18.2 Å². The van der Waals surface area contributed by atoms with Gasteiger partial charge in [0.2, 0.25) is 34.5 Å². The summed E-state index contributed by atoms with van der Waals surface area (Å²) in [6.45, 7) is 0. The Morgan fingerprint density at radius 3 is 0.688 bits per heavy atom. The van der Waals surface area contributed by atoms with Crippen molar-refractivity contribution in [3.8, 4) is 86.2 Å². The lowest BCUT2D eigenvalue weighted by Gasteiger charge is -2.23. The summed E-state index contributed by atoms with van der Waals surface area (Å²) in [4.78, 5) is 12.7. The van der Waals surface area contributed by atoms with Crippen LogP contribution in [0.5, 0.6) is 86.2 Å². The molecule has 0 heterocycles. The lowest BCUT2D eigenvalue weighted by molar-refractivity contribution is -0.00488. The van der Waals surface area contributed by atoms with Gasteiger partial charge in [0.1, 0.15) is 0 Å². The van der Waals surface area contributed by atoms with Gasteiger partial charge in [-0.25, -0.2) is 39.9 Å². The molecule has 0 bridgehead atoms. The fourth-order valence-corrected chi connectivity index (χ4v) is 9.37. The maximum Gasteiger partial charge on any atom is 0.715 e. The van der Waals surface area contributed by atoms with Crippen LogP contribution in [-0.4, -0.2) is 90.2 Å². The summed E-state index contributed by atoms with van der Waals surface area (Å²) < 4.78 is 181. The van der Waals surface area contributed by atoms with Crippen molar-refractivity contribution in [3.63, 3.8) is 0 Å². The highest BCUT2D eigenvalue weighted by Crippen LogP contribution is 2.61. The van der Waals surface area contributed by atoms with Crippen LogP contribution < -0.4 is 70.4 Å². The Balaban J connectivity index is 1.45. The molecule has 0 spiro atoms.